The molecule has 242 valence electrons. The standard InChI is InChI=1S/C35H48O9/c1-4-6-8-10-15-19-39-25-21-24-27(31(30(25)38-3)40-20-16-11-9-7-5-2)32-33(43-34(24)37)28(36)29-26(42-32)22-41-35(44-29)23-17-13-12-14-18-23/h12-14,17-18,21,26,28-29,32-33,35-36H,4-11,15-16,19-20,22H2,1-3H3/t26-,28+,29-,32+,33-,35-/m1/s1. The highest BCUT2D eigenvalue weighted by molar-refractivity contribution is 5.95. The third kappa shape index (κ3) is 7.33. The van der Waals surface area contributed by atoms with Crippen LogP contribution in [0, 0.1) is 0 Å². The molecule has 3 heterocycles. The molecular weight excluding hydrogens is 564 g/mol. The second kappa shape index (κ2) is 15.9. The van der Waals surface area contributed by atoms with Gasteiger partial charge in [0.2, 0.25) is 5.75 Å². The smallest absolute Gasteiger partial charge is 0.339 e. The molecule has 0 aliphatic carbocycles. The second-order valence-electron chi connectivity index (χ2n) is 11.9. The van der Waals surface area contributed by atoms with E-state index in [9.17, 15) is 9.90 Å². The number of methoxy groups -OCH3 is 1. The van der Waals surface area contributed by atoms with E-state index in [0.29, 0.717) is 41.6 Å². The van der Waals surface area contributed by atoms with Gasteiger partial charge in [0.05, 0.1) is 32.5 Å². The Bertz CT molecular complexity index is 1200. The Labute approximate surface area is 261 Å². The molecular formula is C35H48O9. The van der Waals surface area contributed by atoms with Gasteiger partial charge in [0, 0.05) is 11.1 Å². The van der Waals surface area contributed by atoms with E-state index in [-0.39, 0.29) is 6.61 Å². The van der Waals surface area contributed by atoms with Gasteiger partial charge in [-0.15, -0.1) is 0 Å². The van der Waals surface area contributed by atoms with Gasteiger partial charge in [-0.1, -0.05) is 95.5 Å². The molecule has 0 radical (unpaired) electrons. The predicted octanol–water partition coefficient (Wildman–Crippen LogP) is 6.85. The number of hydrogen-bond acceptors (Lipinski definition) is 9. The number of rotatable bonds is 16. The van der Waals surface area contributed by atoms with E-state index in [1.54, 1.807) is 13.2 Å². The van der Waals surface area contributed by atoms with Crippen LogP contribution in [-0.4, -0.2) is 62.4 Å². The van der Waals surface area contributed by atoms with Crippen LogP contribution < -0.4 is 14.2 Å². The van der Waals surface area contributed by atoms with Crippen LogP contribution in [-0.2, 0) is 18.9 Å². The number of fused-ring (bicyclic) bond motifs is 4. The first-order chi connectivity index (χ1) is 21.6. The highest BCUT2D eigenvalue weighted by Gasteiger charge is 2.55. The van der Waals surface area contributed by atoms with Gasteiger partial charge in [0.1, 0.15) is 24.4 Å². The highest BCUT2D eigenvalue weighted by Crippen LogP contribution is 2.52. The molecule has 0 amide bonds. The van der Waals surface area contributed by atoms with Gasteiger partial charge in [-0.25, -0.2) is 4.79 Å². The minimum atomic E-state index is -1.14. The van der Waals surface area contributed by atoms with Gasteiger partial charge in [-0.2, -0.15) is 0 Å². The van der Waals surface area contributed by atoms with Crippen molar-refractivity contribution >= 4 is 5.97 Å². The number of benzene rings is 2. The van der Waals surface area contributed by atoms with Crippen LogP contribution in [0.4, 0.5) is 0 Å². The molecule has 0 unspecified atom stereocenters. The molecule has 0 saturated carbocycles. The molecule has 0 spiro atoms. The van der Waals surface area contributed by atoms with Gasteiger partial charge in [0.25, 0.3) is 0 Å². The first-order valence-corrected chi connectivity index (χ1v) is 16.4. The highest BCUT2D eigenvalue weighted by atomic mass is 16.7. The third-order valence-corrected chi connectivity index (χ3v) is 8.62. The van der Waals surface area contributed by atoms with Crippen molar-refractivity contribution in [3.63, 3.8) is 0 Å². The van der Waals surface area contributed by atoms with Crippen molar-refractivity contribution in [3.05, 3.63) is 53.1 Å². The van der Waals surface area contributed by atoms with Crippen molar-refractivity contribution in [1.82, 2.24) is 0 Å². The maximum absolute atomic E-state index is 13.5. The third-order valence-electron chi connectivity index (χ3n) is 8.62. The van der Waals surface area contributed by atoms with Crippen molar-refractivity contribution in [1.29, 1.82) is 0 Å². The maximum Gasteiger partial charge on any atom is 0.339 e. The average Bonchev–Trinajstić information content (AvgIpc) is 3.05. The Morgan fingerprint density at radius 3 is 2.20 bits per heavy atom. The van der Waals surface area contributed by atoms with Gasteiger partial charge >= 0.3 is 5.97 Å². The molecule has 0 bridgehead atoms. The molecule has 3 aliphatic heterocycles. The molecule has 44 heavy (non-hydrogen) atoms. The number of ether oxygens (including phenoxy) is 7. The number of unbranched alkanes of at least 4 members (excludes halogenated alkanes) is 8. The van der Waals surface area contributed by atoms with Crippen LogP contribution >= 0.6 is 0 Å². The van der Waals surface area contributed by atoms with E-state index in [1.807, 2.05) is 30.3 Å². The van der Waals surface area contributed by atoms with Gasteiger partial charge < -0.3 is 38.3 Å². The Balaban J connectivity index is 1.41. The second-order valence-corrected chi connectivity index (χ2v) is 11.9. The number of carbonyl (C=O) groups is 1. The zero-order chi connectivity index (χ0) is 30.9. The van der Waals surface area contributed by atoms with Crippen LogP contribution in [0.2, 0.25) is 0 Å². The normalized spacial score (nSPS) is 25.8. The summed E-state index contributed by atoms with van der Waals surface area (Å²) in [6.45, 7) is 5.52. The van der Waals surface area contributed by atoms with Gasteiger partial charge in [-0.3, -0.25) is 0 Å². The number of esters is 1. The fourth-order valence-electron chi connectivity index (χ4n) is 6.23. The maximum atomic E-state index is 13.5. The molecule has 5 rings (SSSR count). The Morgan fingerprint density at radius 2 is 1.52 bits per heavy atom. The topological polar surface area (TPSA) is 102 Å². The summed E-state index contributed by atoms with van der Waals surface area (Å²) in [5.41, 5.74) is 1.64. The summed E-state index contributed by atoms with van der Waals surface area (Å²) in [6, 6.07) is 11.2. The van der Waals surface area contributed by atoms with E-state index < -0.39 is 42.8 Å². The molecule has 3 aliphatic rings. The van der Waals surface area contributed by atoms with E-state index in [4.69, 9.17) is 33.2 Å². The lowest BCUT2D eigenvalue weighted by Gasteiger charge is -2.49. The van der Waals surface area contributed by atoms with Gasteiger partial charge in [0.15, 0.2) is 23.9 Å². The van der Waals surface area contributed by atoms with Crippen LogP contribution in [0.15, 0.2) is 36.4 Å². The molecule has 6 atom stereocenters. The summed E-state index contributed by atoms with van der Waals surface area (Å²) in [5, 5.41) is 11.5. The number of aliphatic hydroxyl groups excluding tert-OH is 1. The molecule has 9 nitrogen and oxygen atoms in total. The van der Waals surface area contributed by atoms with Crippen molar-refractivity contribution in [2.45, 2.75) is 115 Å². The van der Waals surface area contributed by atoms with Crippen molar-refractivity contribution in [3.8, 4) is 17.2 Å². The monoisotopic (exact) mass is 612 g/mol. The largest absolute Gasteiger partial charge is 0.490 e. The van der Waals surface area contributed by atoms with Crippen molar-refractivity contribution in [2.75, 3.05) is 26.9 Å². The molecule has 0 aromatic heterocycles. The first-order valence-electron chi connectivity index (χ1n) is 16.4. The molecule has 2 aromatic carbocycles. The average molecular weight is 613 g/mol. The molecule has 2 aromatic rings. The van der Waals surface area contributed by atoms with Crippen LogP contribution in [0.1, 0.15) is 112 Å². The fourth-order valence-corrected chi connectivity index (χ4v) is 6.23. The lowest BCUT2D eigenvalue weighted by atomic mass is 9.85. The summed E-state index contributed by atoms with van der Waals surface area (Å²) in [5.74, 6) is 0.679. The summed E-state index contributed by atoms with van der Waals surface area (Å²) in [6.07, 6.45) is 5.94. The van der Waals surface area contributed by atoms with Crippen LogP contribution in [0.25, 0.3) is 0 Å². The molecule has 1 N–H and O–H groups in total. The summed E-state index contributed by atoms with van der Waals surface area (Å²) < 4.78 is 43.1. The molecule has 2 saturated heterocycles. The number of aliphatic hydroxyl groups is 1. The van der Waals surface area contributed by atoms with Crippen molar-refractivity contribution < 1.29 is 43.1 Å². The van der Waals surface area contributed by atoms with E-state index >= 15 is 0 Å². The van der Waals surface area contributed by atoms with Gasteiger partial charge in [-0.05, 0) is 18.9 Å². The Hall–Kier alpha value is -2.85. The zero-order valence-corrected chi connectivity index (χ0v) is 26.3. The fraction of sp³-hybridized carbons (Fsp3) is 0.629. The first kappa shape index (κ1) is 32.5. The summed E-state index contributed by atoms with van der Waals surface area (Å²) >= 11 is 0. The lowest BCUT2D eigenvalue weighted by Crippen LogP contribution is -2.61. The quantitative estimate of drug-likeness (QED) is 0.161. The number of hydrogen-bond donors (Lipinski definition) is 1. The Kier molecular flexibility index (Phi) is 11.8. The molecule has 2 fully saturated rings. The van der Waals surface area contributed by atoms with Crippen LogP contribution in [0.3, 0.4) is 0 Å². The Morgan fingerprint density at radius 1 is 0.841 bits per heavy atom. The minimum Gasteiger partial charge on any atom is -0.490 e. The summed E-state index contributed by atoms with van der Waals surface area (Å²) in [7, 11) is 1.57. The molecule has 9 heteroatoms. The summed E-state index contributed by atoms with van der Waals surface area (Å²) in [4.78, 5) is 13.5. The number of carbonyl (C=O) groups excluding carboxylic acids is 1. The van der Waals surface area contributed by atoms with Crippen LogP contribution in [0.5, 0.6) is 17.2 Å². The van der Waals surface area contributed by atoms with E-state index in [2.05, 4.69) is 13.8 Å². The van der Waals surface area contributed by atoms with E-state index in [0.717, 1.165) is 50.5 Å². The predicted molar refractivity (Wildman–Crippen MR) is 164 cm³/mol. The lowest BCUT2D eigenvalue weighted by molar-refractivity contribution is -0.330. The van der Waals surface area contributed by atoms with E-state index in [1.165, 1.54) is 19.3 Å². The minimum absolute atomic E-state index is 0.206. The zero-order valence-electron chi connectivity index (χ0n) is 26.3. The van der Waals surface area contributed by atoms with Crippen molar-refractivity contribution in [2.24, 2.45) is 0 Å². The SMILES string of the molecule is CCCCCCCOc1cc2c(c(OCCCCCCC)c1OC)[C@@H]1O[C@@H]3CO[C@@H](c4ccccc4)O[C@H]3[C@H](O)[C@H]1OC2=O.